The van der Waals surface area contributed by atoms with Crippen LogP contribution in [0.5, 0.6) is 0 Å². The molecule has 0 amide bonds. The molecule has 4 heteroatoms. The molecule has 0 saturated carbocycles. The van der Waals surface area contributed by atoms with Crippen molar-refractivity contribution in [3.63, 3.8) is 0 Å². The van der Waals surface area contributed by atoms with E-state index in [4.69, 9.17) is 14.4 Å². The average molecular weight is 560 g/mol. The van der Waals surface area contributed by atoms with E-state index in [2.05, 4.69) is 108 Å². The Morgan fingerprint density at radius 1 is 0.455 bits per heavy atom. The minimum absolute atomic E-state index is 0.589. The van der Waals surface area contributed by atoms with Gasteiger partial charge in [0.15, 0.2) is 0 Å². The molecule has 0 N–H and O–H groups in total. The Hall–Kier alpha value is -6.00. The van der Waals surface area contributed by atoms with Crippen LogP contribution in [0.25, 0.3) is 105 Å². The zero-order valence-electron chi connectivity index (χ0n) is 23.4. The van der Waals surface area contributed by atoms with Crippen LogP contribution in [0.15, 0.2) is 132 Å². The summed E-state index contributed by atoms with van der Waals surface area (Å²) < 4.78 is 8.65. The first kappa shape index (κ1) is 22.6. The fraction of sp³-hybridized carbons (Fsp3) is 0. The Kier molecular flexibility index (Phi) is 4.04. The van der Waals surface area contributed by atoms with Crippen molar-refractivity contribution >= 4 is 76.2 Å². The summed E-state index contributed by atoms with van der Waals surface area (Å²) in [5.41, 5.74) is 7.97. The summed E-state index contributed by atoms with van der Waals surface area (Å²) in [7, 11) is 0. The highest BCUT2D eigenvalue weighted by molar-refractivity contribution is 6.38. The van der Waals surface area contributed by atoms with Crippen molar-refractivity contribution in [2.24, 2.45) is 0 Å². The third-order valence-corrected chi connectivity index (χ3v) is 9.52. The van der Waals surface area contributed by atoms with Crippen molar-refractivity contribution in [1.82, 2.24) is 14.5 Å². The molecule has 0 spiro atoms. The molecule has 3 aromatic heterocycles. The van der Waals surface area contributed by atoms with Gasteiger partial charge in [-0.3, -0.25) is 4.57 Å². The quantitative estimate of drug-likeness (QED) is 0.198. The van der Waals surface area contributed by atoms with Gasteiger partial charge in [-0.1, -0.05) is 109 Å². The highest BCUT2D eigenvalue weighted by Crippen LogP contribution is 2.49. The van der Waals surface area contributed by atoms with E-state index in [-0.39, 0.29) is 0 Å². The molecule has 0 radical (unpaired) electrons. The predicted octanol–water partition coefficient (Wildman–Crippen LogP) is 10.6. The molecule has 7 aromatic carbocycles. The molecule has 10 aromatic rings. The first-order valence-corrected chi connectivity index (χ1v) is 14.9. The molecule has 0 saturated heterocycles. The van der Waals surface area contributed by atoms with E-state index in [0.717, 1.165) is 38.6 Å². The topological polar surface area (TPSA) is 43.9 Å². The number of hydrogen-bond acceptors (Lipinski definition) is 3. The van der Waals surface area contributed by atoms with Crippen LogP contribution in [-0.2, 0) is 0 Å². The smallest absolute Gasteiger partial charge is 0.238 e. The van der Waals surface area contributed by atoms with Gasteiger partial charge in [-0.25, -0.2) is 4.98 Å². The van der Waals surface area contributed by atoms with Crippen molar-refractivity contribution < 1.29 is 4.42 Å². The molecule has 1 aliphatic carbocycles. The molecule has 4 nitrogen and oxygen atoms in total. The second kappa shape index (κ2) is 7.88. The van der Waals surface area contributed by atoms with E-state index in [0.29, 0.717) is 11.7 Å². The lowest BCUT2D eigenvalue weighted by molar-refractivity contribution is 0.651. The summed E-state index contributed by atoms with van der Waals surface area (Å²) in [6.07, 6.45) is 0. The van der Waals surface area contributed by atoms with Gasteiger partial charge in [0.25, 0.3) is 0 Å². The van der Waals surface area contributed by atoms with Gasteiger partial charge in [-0.05, 0) is 56.3 Å². The highest BCUT2D eigenvalue weighted by atomic mass is 16.3. The molecule has 3 heterocycles. The number of benzene rings is 7. The number of hydrogen-bond donors (Lipinski definition) is 0. The molecule has 0 bridgehead atoms. The zero-order valence-corrected chi connectivity index (χ0v) is 23.4. The number of aromatic nitrogens is 3. The van der Waals surface area contributed by atoms with E-state index in [1.54, 1.807) is 0 Å². The van der Waals surface area contributed by atoms with Crippen LogP contribution in [0, 0.1) is 0 Å². The Bertz CT molecular complexity index is 2870. The van der Waals surface area contributed by atoms with Crippen molar-refractivity contribution in [2.45, 2.75) is 0 Å². The van der Waals surface area contributed by atoms with Crippen LogP contribution in [0.4, 0.5) is 0 Å². The van der Waals surface area contributed by atoms with Crippen LogP contribution in [0.1, 0.15) is 0 Å². The molecular formula is C40H21N3O. The number of rotatable bonds is 2. The molecule has 0 aliphatic heterocycles. The van der Waals surface area contributed by atoms with E-state index in [9.17, 15) is 0 Å². The van der Waals surface area contributed by atoms with Crippen molar-refractivity contribution in [1.29, 1.82) is 0 Å². The van der Waals surface area contributed by atoms with Crippen LogP contribution in [0.2, 0.25) is 0 Å². The molecular weight excluding hydrogens is 538 g/mol. The average Bonchev–Trinajstić information content (AvgIpc) is 3.59. The summed E-state index contributed by atoms with van der Waals surface area (Å²) in [6, 6.07) is 45.3. The lowest BCUT2D eigenvalue weighted by Gasteiger charge is -2.13. The summed E-state index contributed by atoms with van der Waals surface area (Å²) in [4.78, 5) is 10.5. The zero-order chi connectivity index (χ0) is 28.5. The normalized spacial score (nSPS) is 12.5. The van der Waals surface area contributed by atoms with Crippen LogP contribution in [-0.4, -0.2) is 14.5 Å². The Balaban J connectivity index is 1.37. The van der Waals surface area contributed by atoms with E-state index in [1.807, 2.05) is 24.3 Å². The number of para-hydroxylation sites is 1. The standard InChI is InChI=1S/C40H21N3O/c1-2-8-25(9-3-1)38-36-28-11-4-5-15-31(28)44-39(36)42-40(41-38)43-29-14-7-13-27-26-12-6-10-22-16-17-23-18-19-24-20-21-30(43)37(35(27)29)34(24)33(23)32(22)26/h1-21H. The molecule has 11 rings (SSSR count). The first-order valence-electron chi connectivity index (χ1n) is 14.9. The minimum Gasteiger partial charge on any atom is -0.437 e. The lowest BCUT2D eigenvalue weighted by Crippen LogP contribution is -2.03. The molecule has 44 heavy (non-hydrogen) atoms. The van der Waals surface area contributed by atoms with E-state index < -0.39 is 0 Å². The van der Waals surface area contributed by atoms with Gasteiger partial charge < -0.3 is 4.42 Å². The monoisotopic (exact) mass is 559 g/mol. The molecule has 0 atom stereocenters. The summed E-state index contributed by atoms with van der Waals surface area (Å²) in [5, 5.41) is 12.1. The van der Waals surface area contributed by atoms with Gasteiger partial charge in [-0.2, -0.15) is 4.98 Å². The number of furan rings is 1. The highest BCUT2D eigenvalue weighted by Gasteiger charge is 2.26. The van der Waals surface area contributed by atoms with Crippen LogP contribution < -0.4 is 0 Å². The Labute approximate surface area is 250 Å². The minimum atomic E-state index is 0.589. The maximum Gasteiger partial charge on any atom is 0.238 e. The first-order chi connectivity index (χ1) is 21.8. The van der Waals surface area contributed by atoms with Crippen LogP contribution >= 0.6 is 0 Å². The second-order valence-electron chi connectivity index (χ2n) is 11.7. The number of fused-ring (bicyclic) bond motifs is 4. The summed E-state index contributed by atoms with van der Waals surface area (Å²) in [6.45, 7) is 0. The van der Waals surface area contributed by atoms with Crippen molar-refractivity contribution in [3.05, 3.63) is 127 Å². The van der Waals surface area contributed by atoms with E-state index in [1.165, 1.54) is 54.2 Å². The Morgan fingerprint density at radius 2 is 1.11 bits per heavy atom. The number of nitrogens with zero attached hydrogens (tertiary/aromatic N) is 3. The molecule has 0 fully saturated rings. The van der Waals surface area contributed by atoms with Gasteiger partial charge in [0, 0.05) is 27.1 Å². The summed E-state index contributed by atoms with van der Waals surface area (Å²) in [5.74, 6) is 0.603. The molecule has 202 valence electrons. The molecule has 1 aliphatic rings. The maximum absolute atomic E-state index is 6.41. The third kappa shape index (κ3) is 2.69. The fourth-order valence-electron chi connectivity index (χ4n) is 7.74. The van der Waals surface area contributed by atoms with Gasteiger partial charge in [0.05, 0.1) is 22.1 Å². The maximum atomic E-state index is 6.41. The van der Waals surface area contributed by atoms with Gasteiger partial charge in [0.2, 0.25) is 11.7 Å². The second-order valence-corrected chi connectivity index (χ2v) is 11.7. The summed E-state index contributed by atoms with van der Waals surface area (Å²) >= 11 is 0. The largest absolute Gasteiger partial charge is 0.437 e. The molecule has 0 unspecified atom stereocenters. The SMILES string of the molecule is c1ccc(-c2nc(-n3c4cccc5c4c4c6c(ccc7ccc8cccc-5c8c76)ccc43)nc3oc4ccccc4c23)cc1. The lowest BCUT2D eigenvalue weighted by atomic mass is 9.93. The third-order valence-electron chi connectivity index (χ3n) is 9.52. The van der Waals surface area contributed by atoms with E-state index >= 15 is 0 Å². The Morgan fingerprint density at radius 3 is 1.95 bits per heavy atom. The van der Waals surface area contributed by atoms with Crippen molar-refractivity contribution in [3.8, 4) is 28.3 Å². The van der Waals surface area contributed by atoms with Crippen molar-refractivity contribution in [2.75, 3.05) is 0 Å². The fourth-order valence-corrected chi connectivity index (χ4v) is 7.74. The van der Waals surface area contributed by atoms with Gasteiger partial charge in [0.1, 0.15) is 5.58 Å². The predicted molar refractivity (Wildman–Crippen MR) is 181 cm³/mol. The van der Waals surface area contributed by atoms with Gasteiger partial charge >= 0.3 is 0 Å². The van der Waals surface area contributed by atoms with Gasteiger partial charge in [-0.15, -0.1) is 0 Å². The van der Waals surface area contributed by atoms with Crippen LogP contribution in [0.3, 0.4) is 0 Å².